The average Bonchev–Trinajstić information content (AvgIpc) is 2.57. The Morgan fingerprint density at radius 2 is 1.96 bits per heavy atom. The first-order valence-corrected chi connectivity index (χ1v) is 7.72. The van der Waals surface area contributed by atoms with E-state index in [9.17, 15) is 9.90 Å². The van der Waals surface area contributed by atoms with Crippen LogP contribution in [0.25, 0.3) is 0 Å². The quantitative estimate of drug-likeness (QED) is 0.826. The summed E-state index contributed by atoms with van der Waals surface area (Å²) in [5, 5.41) is 12.2. The molecule has 4 heteroatoms. The van der Waals surface area contributed by atoms with Gasteiger partial charge in [-0.2, -0.15) is 0 Å². The number of nitrogens with one attached hydrogen (secondary N) is 1. The van der Waals surface area contributed by atoms with E-state index in [0.29, 0.717) is 6.42 Å². The monoisotopic (exact) mass is 313 g/mol. The molecular formula is C19H23NO3. The molecule has 0 aliphatic rings. The molecule has 2 aromatic carbocycles. The van der Waals surface area contributed by atoms with Crippen LogP contribution in [0, 0.1) is 6.92 Å². The fourth-order valence-electron chi connectivity index (χ4n) is 2.54. The van der Waals surface area contributed by atoms with Crippen LogP contribution in [0.15, 0.2) is 48.5 Å². The minimum Gasteiger partial charge on any atom is -0.496 e. The van der Waals surface area contributed by atoms with Crippen molar-refractivity contribution in [1.82, 2.24) is 5.32 Å². The standard InChI is InChI=1S/C19H23NO3/c1-14-8-9-15(12-18(14)23-2)13-19(22)20-17(10-11-21)16-6-4-3-5-7-16/h3-9,12,17,21H,10-11,13H2,1-2H3,(H,20,22). The van der Waals surface area contributed by atoms with Crippen molar-refractivity contribution in [3.8, 4) is 5.75 Å². The molecule has 1 amide bonds. The highest BCUT2D eigenvalue weighted by atomic mass is 16.5. The van der Waals surface area contributed by atoms with Gasteiger partial charge in [0.1, 0.15) is 5.75 Å². The number of rotatable bonds is 7. The van der Waals surface area contributed by atoms with E-state index in [1.165, 1.54) is 0 Å². The summed E-state index contributed by atoms with van der Waals surface area (Å²) in [6.07, 6.45) is 0.776. The Labute approximate surface area is 137 Å². The minimum absolute atomic E-state index is 0.0260. The predicted octanol–water partition coefficient (Wildman–Crippen LogP) is 2.79. The number of carbonyl (C=O) groups is 1. The molecule has 0 heterocycles. The molecule has 23 heavy (non-hydrogen) atoms. The molecule has 0 aliphatic carbocycles. The van der Waals surface area contributed by atoms with Crippen molar-refractivity contribution < 1.29 is 14.6 Å². The number of aliphatic hydroxyl groups is 1. The maximum Gasteiger partial charge on any atom is 0.224 e. The lowest BCUT2D eigenvalue weighted by Gasteiger charge is -2.18. The molecule has 2 rings (SSSR count). The van der Waals surface area contributed by atoms with Gasteiger partial charge in [0, 0.05) is 6.61 Å². The Bertz CT molecular complexity index is 640. The molecule has 0 spiro atoms. The van der Waals surface area contributed by atoms with Gasteiger partial charge in [0.25, 0.3) is 0 Å². The highest BCUT2D eigenvalue weighted by molar-refractivity contribution is 5.79. The van der Waals surface area contributed by atoms with Crippen LogP contribution in [0.3, 0.4) is 0 Å². The second kappa shape index (κ2) is 8.34. The van der Waals surface area contributed by atoms with Crippen LogP contribution in [-0.4, -0.2) is 24.7 Å². The smallest absolute Gasteiger partial charge is 0.224 e. The lowest BCUT2D eigenvalue weighted by molar-refractivity contribution is -0.121. The van der Waals surface area contributed by atoms with Crippen molar-refractivity contribution in [2.45, 2.75) is 25.8 Å². The molecule has 1 unspecified atom stereocenters. The molecule has 0 saturated heterocycles. The van der Waals surface area contributed by atoms with Crippen LogP contribution in [0.5, 0.6) is 5.75 Å². The summed E-state index contributed by atoms with van der Waals surface area (Å²) in [6, 6.07) is 15.3. The fourth-order valence-corrected chi connectivity index (χ4v) is 2.54. The molecule has 2 aromatic rings. The predicted molar refractivity (Wildman–Crippen MR) is 90.5 cm³/mol. The van der Waals surface area contributed by atoms with E-state index < -0.39 is 0 Å². The number of ether oxygens (including phenoxy) is 1. The first-order valence-electron chi connectivity index (χ1n) is 7.72. The molecule has 4 nitrogen and oxygen atoms in total. The van der Waals surface area contributed by atoms with Gasteiger partial charge >= 0.3 is 0 Å². The topological polar surface area (TPSA) is 58.6 Å². The number of aliphatic hydroxyl groups excluding tert-OH is 1. The van der Waals surface area contributed by atoms with Gasteiger partial charge in [-0.3, -0.25) is 4.79 Å². The first-order chi connectivity index (χ1) is 11.1. The van der Waals surface area contributed by atoms with Crippen molar-refractivity contribution in [2.75, 3.05) is 13.7 Å². The summed E-state index contributed by atoms with van der Waals surface area (Å²) in [6.45, 7) is 1.99. The number of hydrogen-bond donors (Lipinski definition) is 2. The molecular weight excluding hydrogens is 290 g/mol. The lowest BCUT2D eigenvalue weighted by Crippen LogP contribution is -2.30. The van der Waals surface area contributed by atoms with Crippen LogP contribution < -0.4 is 10.1 Å². The van der Waals surface area contributed by atoms with Crippen LogP contribution >= 0.6 is 0 Å². The Balaban J connectivity index is 2.05. The Morgan fingerprint density at radius 3 is 2.61 bits per heavy atom. The molecule has 0 fully saturated rings. The number of amides is 1. The van der Waals surface area contributed by atoms with Crippen molar-refractivity contribution >= 4 is 5.91 Å². The molecule has 0 saturated carbocycles. The van der Waals surface area contributed by atoms with Gasteiger partial charge < -0.3 is 15.2 Å². The van der Waals surface area contributed by atoms with Crippen molar-refractivity contribution in [3.63, 3.8) is 0 Å². The third kappa shape index (κ3) is 4.83. The number of hydrogen-bond acceptors (Lipinski definition) is 3. The molecule has 0 bridgehead atoms. The molecule has 2 N–H and O–H groups in total. The zero-order valence-corrected chi connectivity index (χ0v) is 13.6. The molecule has 122 valence electrons. The summed E-state index contributed by atoms with van der Waals surface area (Å²) in [5.41, 5.74) is 2.94. The maximum absolute atomic E-state index is 12.3. The zero-order valence-electron chi connectivity index (χ0n) is 13.6. The number of aryl methyl sites for hydroxylation is 1. The van der Waals surface area contributed by atoms with E-state index >= 15 is 0 Å². The third-order valence-electron chi connectivity index (χ3n) is 3.79. The minimum atomic E-state index is -0.180. The van der Waals surface area contributed by atoms with Crippen LogP contribution in [0.1, 0.15) is 29.2 Å². The SMILES string of the molecule is COc1cc(CC(=O)NC(CCO)c2ccccc2)ccc1C. The van der Waals surface area contributed by atoms with Gasteiger partial charge in [-0.05, 0) is 36.1 Å². The van der Waals surface area contributed by atoms with Gasteiger partial charge in [0.2, 0.25) is 5.91 Å². The Hall–Kier alpha value is -2.33. The molecule has 0 aromatic heterocycles. The van der Waals surface area contributed by atoms with E-state index in [2.05, 4.69) is 5.32 Å². The second-order valence-electron chi connectivity index (χ2n) is 5.52. The maximum atomic E-state index is 12.3. The number of benzene rings is 2. The summed E-state index contributed by atoms with van der Waals surface area (Å²) in [5.74, 6) is 0.712. The average molecular weight is 313 g/mol. The molecule has 1 atom stereocenters. The number of methoxy groups -OCH3 is 1. The van der Waals surface area contributed by atoms with Gasteiger partial charge in [-0.25, -0.2) is 0 Å². The van der Waals surface area contributed by atoms with E-state index in [4.69, 9.17) is 4.74 Å². The number of carbonyl (C=O) groups excluding carboxylic acids is 1. The highest BCUT2D eigenvalue weighted by Gasteiger charge is 2.14. The zero-order chi connectivity index (χ0) is 16.7. The summed E-state index contributed by atoms with van der Waals surface area (Å²) in [7, 11) is 1.62. The lowest BCUT2D eigenvalue weighted by atomic mass is 10.0. The third-order valence-corrected chi connectivity index (χ3v) is 3.79. The highest BCUT2D eigenvalue weighted by Crippen LogP contribution is 2.20. The van der Waals surface area contributed by atoms with E-state index in [1.807, 2.05) is 55.5 Å². The van der Waals surface area contributed by atoms with Crippen molar-refractivity contribution in [1.29, 1.82) is 0 Å². The summed E-state index contributed by atoms with van der Waals surface area (Å²) >= 11 is 0. The van der Waals surface area contributed by atoms with Gasteiger partial charge in [0.15, 0.2) is 0 Å². The van der Waals surface area contributed by atoms with Crippen LogP contribution in [-0.2, 0) is 11.2 Å². The summed E-state index contributed by atoms with van der Waals surface area (Å²) in [4.78, 5) is 12.3. The Kier molecular flexibility index (Phi) is 6.18. The summed E-state index contributed by atoms with van der Waals surface area (Å²) < 4.78 is 5.29. The van der Waals surface area contributed by atoms with Crippen molar-refractivity contribution in [3.05, 3.63) is 65.2 Å². The van der Waals surface area contributed by atoms with Gasteiger partial charge in [-0.15, -0.1) is 0 Å². The van der Waals surface area contributed by atoms with E-state index in [0.717, 1.165) is 22.4 Å². The van der Waals surface area contributed by atoms with E-state index in [-0.39, 0.29) is 25.0 Å². The van der Waals surface area contributed by atoms with Gasteiger partial charge in [0.05, 0.1) is 19.6 Å². The van der Waals surface area contributed by atoms with Crippen molar-refractivity contribution in [2.24, 2.45) is 0 Å². The second-order valence-corrected chi connectivity index (χ2v) is 5.52. The normalized spacial score (nSPS) is 11.8. The van der Waals surface area contributed by atoms with Crippen LogP contribution in [0.2, 0.25) is 0 Å². The fraction of sp³-hybridized carbons (Fsp3) is 0.316. The Morgan fingerprint density at radius 1 is 1.22 bits per heavy atom. The first kappa shape index (κ1) is 17.0. The van der Waals surface area contributed by atoms with Gasteiger partial charge in [-0.1, -0.05) is 42.5 Å². The largest absolute Gasteiger partial charge is 0.496 e. The molecule has 0 radical (unpaired) electrons. The molecule has 0 aliphatic heterocycles. The van der Waals surface area contributed by atoms with E-state index in [1.54, 1.807) is 7.11 Å². The van der Waals surface area contributed by atoms with Crippen LogP contribution in [0.4, 0.5) is 0 Å².